The molecule has 1 atom stereocenters. The van der Waals surface area contributed by atoms with Gasteiger partial charge in [-0.2, -0.15) is 21.6 Å². The fourth-order valence-electron chi connectivity index (χ4n) is 2.03. The summed E-state index contributed by atoms with van der Waals surface area (Å²) in [7, 11) is -2.03. The molecule has 0 radical (unpaired) electrons. The maximum Gasteiger partial charge on any atom is 0.243 e. The minimum absolute atomic E-state index is 0.129. The van der Waals surface area contributed by atoms with Crippen LogP contribution in [0.2, 0.25) is 0 Å². The number of rotatable bonds is 8. The Morgan fingerprint density at radius 2 is 2.00 bits per heavy atom. The Kier molecular flexibility index (Phi) is 6.41. The van der Waals surface area contributed by atoms with Crippen molar-refractivity contribution in [1.29, 1.82) is 0 Å². The van der Waals surface area contributed by atoms with Gasteiger partial charge in [-0.25, -0.2) is 8.42 Å². The van der Waals surface area contributed by atoms with Crippen LogP contribution in [0.4, 0.5) is 5.82 Å². The molecular weight excluding hydrogens is 348 g/mol. The first-order valence-electron chi connectivity index (χ1n) is 7.29. The summed E-state index contributed by atoms with van der Waals surface area (Å²) in [5.41, 5.74) is 0. The molecule has 0 unspecified atom stereocenters. The lowest BCUT2D eigenvalue weighted by Crippen LogP contribution is -2.44. The number of amides is 1. The van der Waals surface area contributed by atoms with Crippen LogP contribution in [0.5, 0.6) is 0 Å². The van der Waals surface area contributed by atoms with Crippen LogP contribution in [0.25, 0.3) is 0 Å². The van der Waals surface area contributed by atoms with Crippen LogP contribution < -0.4 is 10.0 Å². The molecule has 2 N–H and O–H groups in total. The summed E-state index contributed by atoms with van der Waals surface area (Å²) in [6.45, 7) is 0. The average Bonchev–Trinajstić information content (AvgIpc) is 2.97. The molecule has 1 aromatic heterocycles. The Balaban J connectivity index is 2.14. The summed E-state index contributed by atoms with van der Waals surface area (Å²) in [6, 6.07) is 8.77. The van der Waals surface area contributed by atoms with Crippen molar-refractivity contribution >= 4 is 33.5 Å². The molecule has 0 aliphatic rings. The second-order valence-electron chi connectivity index (χ2n) is 5.13. The summed E-state index contributed by atoms with van der Waals surface area (Å²) in [6.07, 6.45) is 3.98. The van der Waals surface area contributed by atoms with Crippen molar-refractivity contribution in [2.24, 2.45) is 7.05 Å². The lowest BCUT2D eigenvalue weighted by atomic mass is 10.2. The molecule has 9 heteroatoms. The Labute approximate surface area is 145 Å². The van der Waals surface area contributed by atoms with Crippen LogP contribution in [0.15, 0.2) is 47.5 Å². The molecule has 0 bridgehead atoms. The predicted octanol–water partition coefficient (Wildman–Crippen LogP) is 1.46. The number of thioether (sulfide) groups is 1. The van der Waals surface area contributed by atoms with E-state index in [1.807, 2.05) is 6.26 Å². The number of benzene rings is 1. The Morgan fingerprint density at radius 3 is 2.58 bits per heavy atom. The number of nitrogens with one attached hydrogen (secondary N) is 2. The van der Waals surface area contributed by atoms with Gasteiger partial charge in [0, 0.05) is 19.3 Å². The number of nitrogens with zero attached hydrogens (tertiary/aromatic N) is 2. The van der Waals surface area contributed by atoms with Crippen molar-refractivity contribution in [3.8, 4) is 0 Å². The number of aryl methyl sites for hydroxylation is 1. The van der Waals surface area contributed by atoms with Gasteiger partial charge >= 0.3 is 0 Å². The predicted molar refractivity (Wildman–Crippen MR) is 95.4 cm³/mol. The third-order valence-electron chi connectivity index (χ3n) is 3.24. The van der Waals surface area contributed by atoms with E-state index in [2.05, 4.69) is 15.1 Å². The zero-order chi connectivity index (χ0) is 17.6. The quantitative estimate of drug-likeness (QED) is 0.736. The van der Waals surface area contributed by atoms with E-state index in [0.717, 1.165) is 0 Å². The van der Waals surface area contributed by atoms with Gasteiger partial charge < -0.3 is 5.32 Å². The van der Waals surface area contributed by atoms with Crippen LogP contribution >= 0.6 is 11.8 Å². The van der Waals surface area contributed by atoms with E-state index < -0.39 is 22.0 Å². The van der Waals surface area contributed by atoms with Gasteiger partial charge in [0.2, 0.25) is 15.9 Å². The van der Waals surface area contributed by atoms with E-state index >= 15 is 0 Å². The van der Waals surface area contributed by atoms with E-state index in [-0.39, 0.29) is 4.90 Å². The fourth-order valence-corrected chi connectivity index (χ4v) is 3.75. The summed E-state index contributed by atoms with van der Waals surface area (Å²) in [5.74, 6) is 0.607. The molecule has 0 saturated carbocycles. The number of carbonyl (C=O) groups is 1. The summed E-state index contributed by atoms with van der Waals surface area (Å²) in [4.78, 5) is 12.6. The second kappa shape index (κ2) is 8.32. The Bertz CT molecular complexity index is 775. The fraction of sp³-hybridized carbons (Fsp3) is 0.333. The van der Waals surface area contributed by atoms with Crippen LogP contribution in [0, 0.1) is 0 Å². The monoisotopic (exact) mass is 368 g/mol. The van der Waals surface area contributed by atoms with Gasteiger partial charge in [-0.1, -0.05) is 18.2 Å². The van der Waals surface area contributed by atoms with Crippen molar-refractivity contribution in [2.45, 2.75) is 17.4 Å². The Hall–Kier alpha value is -1.84. The van der Waals surface area contributed by atoms with E-state index in [9.17, 15) is 13.2 Å². The zero-order valence-electron chi connectivity index (χ0n) is 13.5. The van der Waals surface area contributed by atoms with Crippen LogP contribution in [0.1, 0.15) is 6.42 Å². The highest BCUT2D eigenvalue weighted by molar-refractivity contribution is 7.98. The maximum atomic E-state index is 12.4. The van der Waals surface area contributed by atoms with Gasteiger partial charge in [-0.3, -0.25) is 9.48 Å². The molecule has 7 nitrogen and oxygen atoms in total. The highest BCUT2D eigenvalue weighted by Gasteiger charge is 2.25. The van der Waals surface area contributed by atoms with Gasteiger partial charge in [0.25, 0.3) is 0 Å². The molecule has 2 rings (SSSR count). The van der Waals surface area contributed by atoms with Gasteiger partial charge in [0.05, 0.1) is 4.90 Å². The topological polar surface area (TPSA) is 93.1 Å². The van der Waals surface area contributed by atoms with Crippen molar-refractivity contribution in [2.75, 3.05) is 17.3 Å². The van der Waals surface area contributed by atoms with E-state index in [1.165, 1.54) is 12.1 Å². The van der Waals surface area contributed by atoms with Gasteiger partial charge in [-0.15, -0.1) is 0 Å². The van der Waals surface area contributed by atoms with Crippen molar-refractivity contribution in [1.82, 2.24) is 14.5 Å². The van der Waals surface area contributed by atoms with Crippen molar-refractivity contribution in [3.63, 3.8) is 0 Å². The molecule has 2 aromatic rings. The lowest BCUT2D eigenvalue weighted by Gasteiger charge is -2.17. The standard InChI is InChI=1S/C15H20N4O3S2/c1-19-10-8-14(17-19)16-15(20)13(9-11-23-2)18-24(21,22)12-6-4-3-5-7-12/h3-8,10,13,18H,9,11H2,1-2H3,(H,16,17,20)/t13-/m1/s1. The van der Waals surface area contributed by atoms with Gasteiger partial charge in [0.15, 0.2) is 5.82 Å². The Morgan fingerprint density at radius 1 is 1.29 bits per heavy atom. The molecule has 0 saturated heterocycles. The summed E-state index contributed by atoms with van der Waals surface area (Å²) in [5, 5.41) is 6.71. The lowest BCUT2D eigenvalue weighted by molar-refractivity contribution is -0.117. The number of carbonyl (C=O) groups excluding carboxylic acids is 1. The minimum atomic E-state index is -3.77. The molecule has 24 heavy (non-hydrogen) atoms. The van der Waals surface area contributed by atoms with Gasteiger partial charge in [0.1, 0.15) is 6.04 Å². The SMILES string of the molecule is CSCC[C@@H](NS(=O)(=O)c1ccccc1)C(=O)Nc1ccn(C)n1. The van der Waals surface area contributed by atoms with E-state index in [4.69, 9.17) is 0 Å². The first-order valence-corrected chi connectivity index (χ1v) is 10.2. The van der Waals surface area contributed by atoms with Gasteiger partial charge in [-0.05, 0) is 30.6 Å². The average molecular weight is 368 g/mol. The molecule has 1 aromatic carbocycles. The summed E-state index contributed by atoms with van der Waals surface area (Å²) < 4.78 is 28.9. The smallest absolute Gasteiger partial charge is 0.243 e. The highest BCUT2D eigenvalue weighted by atomic mass is 32.2. The number of sulfonamides is 1. The molecule has 1 amide bonds. The highest BCUT2D eigenvalue weighted by Crippen LogP contribution is 2.12. The molecule has 130 valence electrons. The summed E-state index contributed by atoms with van der Waals surface area (Å²) >= 11 is 1.55. The number of hydrogen-bond donors (Lipinski definition) is 2. The van der Waals surface area contributed by atoms with Crippen LogP contribution in [-0.2, 0) is 21.9 Å². The first kappa shape index (κ1) is 18.5. The molecule has 0 fully saturated rings. The second-order valence-corrected chi connectivity index (χ2v) is 7.83. The first-order chi connectivity index (χ1) is 11.4. The third kappa shape index (κ3) is 5.08. The molecule has 0 aliphatic heterocycles. The maximum absolute atomic E-state index is 12.4. The van der Waals surface area contributed by atoms with Crippen LogP contribution in [0.3, 0.4) is 0 Å². The van der Waals surface area contributed by atoms with Crippen molar-refractivity contribution in [3.05, 3.63) is 42.6 Å². The van der Waals surface area contributed by atoms with E-state index in [0.29, 0.717) is 18.0 Å². The zero-order valence-corrected chi connectivity index (χ0v) is 15.1. The number of anilines is 1. The molecule has 0 aliphatic carbocycles. The third-order valence-corrected chi connectivity index (χ3v) is 5.37. The molecular formula is C15H20N4O3S2. The minimum Gasteiger partial charge on any atom is -0.308 e. The number of hydrogen-bond acceptors (Lipinski definition) is 5. The van der Waals surface area contributed by atoms with Crippen LogP contribution in [-0.4, -0.2) is 42.2 Å². The number of aromatic nitrogens is 2. The molecule has 0 spiro atoms. The van der Waals surface area contributed by atoms with Crippen molar-refractivity contribution < 1.29 is 13.2 Å². The largest absolute Gasteiger partial charge is 0.308 e. The normalized spacial score (nSPS) is 12.8. The van der Waals surface area contributed by atoms with E-state index in [1.54, 1.807) is 54.0 Å². The molecule has 1 heterocycles.